The Morgan fingerprint density at radius 1 is 0.792 bits per heavy atom. The number of nitrogens with zero attached hydrogens (tertiary/aromatic N) is 3. The van der Waals surface area contributed by atoms with E-state index in [0.29, 0.717) is 13.2 Å². The maximum absolute atomic E-state index is 12.9. The molecular formula is C19H25N3O2. The lowest BCUT2D eigenvalue weighted by atomic mass is 10.1. The van der Waals surface area contributed by atoms with Crippen molar-refractivity contribution < 1.29 is 9.53 Å². The number of hydrogen-bond acceptors (Lipinski definition) is 4. The fourth-order valence-corrected chi connectivity index (χ4v) is 3.79. The molecule has 0 aromatic heterocycles. The lowest BCUT2D eigenvalue weighted by Gasteiger charge is -2.35. The van der Waals surface area contributed by atoms with E-state index in [0.717, 1.165) is 50.5 Å². The van der Waals surface area contributed by atoms with Gasteiger partial charge >= 0.3 is 0 Å². The molecule has 3 aliphatic rings. The van der Waals surface area contributed by atoms with E-state index in [1.165, 1.54) is 18.5 Å². The van der Waals surface area contributed by atoms with Crippen LogP contribution in [0.2, 0.25) is 0 Å². The number of hydrogen-bond donors (Lipinski definition) is 0. The number of ether oxygens (including phenoxy) is 1. The maximum Gasteiger partial charge on any atom is 0.274 e. The van der Waals surface area contributed by atoms with Crippen molar-refractivity contribution >= 4 is 17.3 Å². The fourth-order valence-electron chi connectivity index (χ4n) is 3.79. The van der Waals surface area contributed by atoms with Crippen molar-refractivity contribution in [2.75, 3.05) is 55.7 Å². The molecule has 4 rings (SSSR count). The van der Waals surface area contributed by atoms with Crippen LogP contribution < -0.4 is 9.80 Å². The largest absolute Gasteiger partial charge is 0.378 e. The minimum atomic E-state index is 0.122. The second kappa shape index (κ2) is 6.85. The Balaban J connectivity index is 1.49. The van der Waals surface area contributed by atoms with E-state index in [1.54, 1.807) is 0 Å². The van der Waals surface area contributed by atoms with Gasteiger partial charge in [0.05, 0.1) is 18.9 Å². The van der Waals surface area contributed by atoms with E-state index in [2.05, 4.69) is 40.1 Å². The maximum atomic E-state index is 12.9. The molecule has 5 heteroatoms. The van der Waals surface area contributed by atoms with Crippen molar-refractivity contribution in [3.8, 4) is 0 Å². The first-order valence-electron chi connectivity index (χ1n) is 9.03. The van der Waals surface area contributed by atoms with Crippen molar-refractivity contribution in [3.05, 3.63) is 36.0 Å². The lowest BCUT2D eigenvalue weighted by Crippen LogP contribution is -2.45. The molecule has 24 heavy (non-hydrogen) atoms. The molecule has 3 aliphatic heterocycles. The van der Waals surface area contributed by atoms with Gasteiger partial charge in [0, 0.05) is 44.1 Å². The molecule has 0 radical (unpaired) electrons. The van der Waals surface area contributed by atoms with Crippen LogP contribution in [-0.4, -0.2) is 56.7 Å². The summed E-state index contributed by atoms with van der Waals surface area (Å²) in [4.78, 5) is 19.4. The van der Waals surface area contributed by atoms with Crippen LogP contribution in [-0.2, 0) is 9.53 Å². The molecule has 1 aromatic carbocycles. The number of benzene rings is 1. The molecule has 1 aromatic rings. The van der Waals surface area contributed by atoms with Gasteiger partial charge in [0.1, 0.15) is 0 Å². The van der Waals surface area contributed by atoms with Gasteiger partial charge in [-0.1, -0.05) is 6.08 Å². The van der Waals surface area contributed by atoms with E-state index in [9.17, 15) is 4.79 Å². The zero-order chi connectivity index (χ0) is 16.4. The summed E-state index contributed by atoms with van der Waals surface area (Å²) in [6.07, 6.45) is 5.55. The van der Waals surface area contributed by atoms with E-state index < -0.39 is 0 Å². The number of amides is 1. The summed E-state index contributed by atoms with van der Waals surface area (Å²) in [5.41, 5.74) is 3.11. The summed E-state index contributed by atoms with van der Waals surface area (Å²) in [5.74, 6) is 0.122. The van der Waals surface area contributed by atoms with Crippen LogP contribution in [0.25, 0.3) is 0 Å². The minimum Gasteiger partial charge on any atom is -0.378 e. The highest BCUT2D eigenvalue weighted by Crippen LogP contribution is 2.27. The van der Waals surface area contributed by atoms with Crippen molar-refractivity contribution in [3.63, 3.8) is 0 Å². The standard InChI is InChI=1S/C19H25N3O2/c23-19-18(21-12-14-24-15-13-21)4-3-11-22(19)17-7-5-16(6-8-17)20-9-1-2-10-20/h4-8H,1-3,9-15H2. The summed E-state index contributed by atoms with van der Waals surface area (Å²) >= 11 is 0. The van der Waals surface area contributed by atoms with Gasteiger partial charge in [-0.3, -0.25) is 4.79 Å². The molecule has 1 amide bonds. The topological polar surface area (TPSA) is 36.0 Å². The fraction of sp³-hybridized carbons (Fsp3) is 0.526. The number of anilines is 2. The van der Waals surface area contributed by atoms with Crippen molar-refractivity contribution in [2.45, 2.75) is 19.3 Å². The number of carbonyl (C=O) groups excluding carboxylic acids is 1. The van der Waals surface area contributed by atoms with E-state index in [1.807, 2.05) is 4.90 Å². The normalized spacial score (nSPS) is 22.1. The van der Waals surface area contributed by atoms with Gasteiger partial charge in [-0.15, -0.1) is 0 Å². The highest BCUT2D eigenvalue weighted by atomic mass is 16.5. The van der Waals surface area contributed by atoms with Crippen LogP contribution in [0, 0.1) is 0 Å². The first-order valence-corrected chi connectivity index (χ1v) is 9.03. The molecule has 128 valence electrons. The van der Waals surface area contributed by atoms with Crippen LogP contribution in [0.5, 0.6) is 0 Å². The monoisotopic (exact) mass is 327 g/mol. The quantitative estimate of drug-likeness (QED) is 0.853. The molecule has 0 aliphatic carbocycles. The van der Waals surface area contributed by atoms with Crippen molar-refractivity contribution in [2.24, 2.45) is 0 Å². The predicted molar refractivity (Wildman–Crippen MR) is 95.3 cm³/mol. The number of morpholine rings is 1. The summed E-state index contributed by atoms with van der Waals surface area (Å²) < 4.78 is 5.40. The predicted octanol–water partition coefficient (Wildman–Crippen LogP) is 2.24. The lowest BCUT2D eigenvalue weighted by molar-refractivity contribution is -0.117. The van der Waals surface area contributed by atoms with Gasteiger partial charge in [0.15, 0.2) is 0 Å². The smallest absolute Gasteiger partial charge is 0.274 e. The van der Waals surface area contributed by atoms with Gasteiger partial charge in [0.25, 0.3) is 5.91 Å². The van der Waals surface area contributed by atoms with Gasteiger partial charge < -0.3 is 19.4 Å². The zero-order valence-electron chi connectivity index (χ0n) is 14.1. The third kappa shape index (κ3) is 3.00. The Kier molecular flexibility index (Phi) is 4.43. The van der Waals surface area contributed by atoms with Crippen LogP contribution in [0.1, 0.15) is 19.3 Å². The van der Waals surface area contributed by atoms with Crippen molar-refractivity contribution in [1.82, 2.24) is 4.90 Å². The Bertz CT molecular complexity index is 614. The number of rotatable bonds is 3. The molecule has 0 spiro atoms. The summed E-state index contributed by atoms with van der Waals surface area (Å²) in [6.45, 7) is 6.07. The second-order valence-corrected chi connectivity index (χ2v) is 6.64. The van der Waals surface area contributed by atoms with Crippen LogP contribution in [0.15, 0.2) is 36.0 Å². The van der Waals surface area contributed by atoms with E-state index in [4.69, 9.17) is 4.74 Å². The Hall–Kier alpha value is -2.01. The Morgan fingerprint density at radius 2 is 1.46 bits per heavy atom. The second-order valence-electron chi connectivity index (χ2n) is 6.64. The third-order valence-corrected chi connectivity index (χ3v) is 5.14. The number of carbonyl (C=O) groups is 1. The molecular weight excluding hydrogens is 302 g/mol. The first-order chi connectivity index (χ1) is 11.8. The van der Waals surface area contributed by atoms with Crippen LogP contribution >= 0.6 is 0 Å². The molecule has 3 heterocycles. The SMILES string of the molecule is O=C1C(N2CCOCC2)=CCCN1c1ccc(N2CCCC2)cc1. The highest BCUT2D eigenvalue weighted by molar-refractivity contribution is 6.06. The van der Waals surface area contributed by atoms with Gasteiger partial charge in [-0.05, 0) is 43.5 Å². The first kappa shape index (κ1) is 15.5. The Morgan fingerprint density at radius 3 is 2.17 bits per heavy atom. The van der Waals surface area contributed by atoms with E-state index in [-0.39, 0.29) is 5.91 Å². The zero-order valence-corrected chi connectivity index (χ0v) is 14.1. The van der Waals surface area contributed by atoms with Gasteiger partial charge in [-0.2, -0.15) is 0 Å². The minimum absolute atomic E-state index is 0.122. The van der Waals surface area contributed by atoms with Crippen LogP contribution in [0.3, 0.4) is 0 Å². The van der Waals surface area contributed by atoms with E-state index >= 15 is 0 Å². The van der Waals surface area contributed by atoms with Crippen LogP contribution in [0.4, 0.5) is 11.4 Å². The average molecular weight is 327 g/mol. The molecule has 0 N–H and O–H groups in total. The molecule has 2 fully saturated rings. The molecule has 2 saturated heterocycles. The van der Waals surface area contributed by atoms with Crippen molar-refractivity contribution in [1.29, 1.82) is 0 Å². The van der Waals surface area contributed by atoms with Gasteiger partial charge in [0.2, 0.25) is 0 Å². The molecule has 0 atom stereocenters. The Labute approximate surface area is 143 Å². The highest BCUT2D eigenvalue weighted by Gasteiger charge is 2.28. The third-order valence-electron chi connectivity index (χ3n) is 5.14. The van der Waals surface area contributed by atoms with Gasteiger partial charge in [-0.25, -0.2) is 0 Å². The molecule has 0 bridgehead atoms. The molecule has 5 nitrogen and oxygen atoms in total. The summed E-state index contributed by atoms with van der Waals surface area (Å²) in [6, 6.07) is 8.49. The summed E-state index contributed by atoms with van der Waals surface area (Å²) in [7, 11) is 0. The molecule has 0 unspecified atom stereocenters. The average Bonchev–Trinajstić information content (AvgIpc) is 3.18. The summed E-state index contributed by atoms with van der Waals surface area (Å²) in [5, 5.41) is 0. The molecule has 0 saturated carbocycles.